The summed E-state index contributed by atoms with van der Waals surface area (Å²) in [5.41, 5.74) is 4.87. The van der Waals surface area contributed by atoms with E-state index in [9.17, 15) is 4.79 Å². The van der Waals surface area contributed by atoms with Gasteiger partial charge in [0, 0.05) is 10.9 Å². The molecule has 3 nitrogen and oxygen atoms in total. The number of hydrogen-bond donors (Lipinski definition) is 1. The summed E-state index contributed by atoms with van der Waals surface area (Å²) < 4.78 is 1.79. The summed E-state index contributed by atoms with van der Waals surface area (Å²) in [6, 6.07) is 25.9. The molecule has 114 valence electrons. The van der Waals surface area contributed by atoms with Gasteiger partial charge in [0.2, 0.25) is 0 Å². The van der Waals surface area contributed by atoms with Crippen LogP contribution in [-0.4, -0.2) is 9.38 Å². The first-order valence-corrected chi connectivity index (χ1v) is 7.94. The molecule has 0 saturated heterocycles. The van der Waals surface area contributed by atoms with Gasteiger partial charge in [0.1, 0.15) is 5.65 Å². The first-order chi connectivity index (χ1) is 11.8. The number of hydrogen-bond acceptors (Lipinski definition) is 1. The molecule has 0 unspecified atom stereocenters. The lowest BCUT2D eigenvalue weighted by Gasteiger charge is -2.09. The Morgan fingerprint density at radius 3 is 2.21 bits per heavy atom. The second-order valence-corrected chi connectivity index (χ2v) is 5.92. The topological polar surface area (TPSA) is 37.3 Å². The molecule has 2 heterocycles. The molecule has 0 amide bonds. The van der Waals surface area contributed by atoms with Crippen molar-refractivity contribution in [2.24, 2.45) is 0 Å². The number of pyridine rings is 1. The Morgan fingerprint density at radius 1 is 0.708 bits per heavy atom. The van der Waals surface area contributed by atoms with Crippen molar-refractivity contribution in [3.8, 4) is 11.1 Å². The first kappa shape index (κ1) is 13.1. The standard InChI is InChI=1S/C21H14N2O/c24-21-16-11-5-4-10-15(16)19(14-8-2-1-3-9-14)20-22-17-12-6-7-13-18(17)23(20)21/h1-13,22H. The smallest absolute Gasteiger partial charge is 0.264 e. The highest BCUT2D eigenvalue weighted by Crippen LogP contribution is 2.32. The van der Waals surface area contributed by atoms with Gasteiger partial charge in [0.05, 0.1) is 11.0 Å². The zero-order chi connectivity index (χ0) is 16.1. The Kier molecular flexibility index (Phi) is 2.65. The Hall–Kier alpha value is -3.33. The third kappa shape index (κ3) is 1.69. The van der Waals surface area contributed by atoms with E-state index in [4.69, 9.17) is 0 Å². The molecule has 5 aromatic rings. The van der Waals surface area contributed by atoms with E-state index in [2.05, 4.69) is 17.1 Å². The van der Waals surface area contributed by atoms with Gasteiger partial charge in [-0.25, -0.2) is 0 Å². The molecule has 0 aliphatic carbocycles. The van der Waals surface area contributed by atoms with Crippen molar-refractivity contribution in [2.75, 3.05) is 0 Å². The van der Waals surface area contributed by atoms with E-state index in [1.54, 1.807) is 4.40 Å². The van der Waals surface area contributed by atoms with Gasteiger partial charge in [-0.1, -0.05) is 60.7 Å². The van der Waals surface area contributed by atoms with Crippen LogP contribution in [0, 0.1) is 0 Å². The van der Waals surface area contributed by atoms with Gasteiger partial charge in [-0.05, 0) is 29.1 Å². The van der Waals surface area contributed by atoms with Crippen LogP contribution < -0.4 is 5.56 Å². The van der Waals surface area contributed by atoms with E-state index in [-0.39, 0.29) is 5.56 Å². The van der Waals surface area contributed by atoms with Crippen LogP contribution in [0.15, 0.2) is 83.7 Å². The largest absolute Gasteiger partial charge is 0.339 e. The predicted molar refractivity (Wildman–Crippen MR) is 98.5 cm³/mol. The number of para-hydroxylation sites is 2. The molecular weight excluding hydrogens is 296 g/mol. The average Bonchev–Trinajstić information content (AvgIpc) is 3.02. The van der Waals surface area contributed by atoms with Crippen molar-refractivity contribution in [3.63, 3.8) is 0 Å². The molecule has 3 aromatic carbocycles. The third-order valence-corrected chi connectivity index (χ3v) is 4.55. The maximum Gasteiger partial charge on any atom is 0.264 e. The highest BCUT2D eigenvalue weighted by Gasteiger charge is 2.16. The van der Waals surface area contributed by atoms with Crippen LogP contribution in [0.3, 0.4) is 0 Å². The van der Waals surface area contributed by atoms with Crippen molar-refractivity contribution < 1.29 is 0 Å². The zero-order valence-corrected chi connectivity index (χ0v) is 12.9. The average molecular weight is 310 g/mol. The highest BCUT2D eigenvalue weighted by atomic mass is 16.1. The lowest BCUT2D eigenvalue weighted by atomic mass is 10.00. The molecule has 0 saturated carbocycles. The third-order valence-electron chi connectivity index (χ3n) is 4.55. The maximum atomic E-state index is 13.1. The number of fused-ring (bicyclic) bond motifs is 4. The summed E-state index contributed by atoms with van der Waals surface area (Å²) in [6.45, 7) is 0. The van der Waals surface area contributed by atoms with E-state index in [1.807, 2.05) is 66.7 Å². The van der Waals surface area contributed by atoms with E-state index in [0.717, 1.165) is 38.6 Å². The molecule has 0 aliphatic rings. The van der Waals surface area contributed by atoms with Crippen LogP contribution in [0.1, 0.15) is 0 Å². The second-order valence-electron chi connectivity index (χ2n) is 5.92. The quantitative estimate of drug-likeness (QED) is 0.482. The van der Waals surface area contributed by atoms with Crippen LogP contribution in [-0.2, 0) is 0 Å². The molecule has 1 N–H and O–H groups in total. The number of rotatable bonds is 1. The van der Waals surface area contributed by atoms with Crippen molar-refractivity contribution in [3.05, 3.63) is 89.2 Å². The summed E-state index contributed by atoms with van der Waals surface area (Å²) in [4.78, 5) is 16.5. The minimum Gasteiger partial charge on any atom is -0.339 e. The Morgan fingerprint density at radius 2 is 1.38 bits per heavy atom. The number of nitrogens with one attached hydrogen (secondary N) is 1. The second kappa shape index (κ2) is 4.83. The molecule has 0 radical (unpaired) electrons. The number of imidazole rings is 1. The van der Waals surface area contributed by atoms with E-state index < -0.39 is 0 Å². The molecule has 5 rings (SSSR count). The molecule has 0 spiro atoms. The van der Waals surface area contributed by atoms with E-state index >= 15 is 0 Å². The van der Waals surface area contributed by atoms with Crippen molar-refractivity contribution in [1.82, 2.24) is 9.38 Å². The number of H-pyrrole nitrogens is 1. The first-order valence-electron chi connectivity index (χ1n) is 7.94. The summed E-state index contributed by atoms with van der Waals surface area (Å²) in [7, 11) is 0. The van der Waals surface area contributed by atoms with E-state index in [1.165, 1.54) is 0 Å². The van der Waals surface area contributed by atoms with Gasteiger partial charge < -0.3 is 4.98 Å². The molecule has 2 aromatic heterocycles. The summed E-state index contributed by atoms with van der Waals surface area (Å²) >= 11 is 0. The Labute approximate surface area is 137 Å². The van der Waals surface area contributed by atoms with E-state index in [0.29, 0.717) is 0 Å². The molecule has 3 heteroatoms. The van der Waals surface area contributed by atoms with Gasteiger partial charge in [-0.2, -0.15) is 0 Å². The van der Waals surface area contributed by atoms with Crippen LogP contribution in [0.2, 0.25) is 0 Å². The van der Waals surface area contributed by atoms with Crippen molar-refractivity contribution >= 4 is 27.5 Å². The molecule has 0 atom stereocenters. The molecule has 0 fully saturated rings. The van der Waals surface area contributed by atoms with Crippen LogP contribution in [0.25, 0.3) is 38.6 Å². The number of nitrogens with zero attached hydrogens (tertiary/aromatic N) is 1. The van der Waals surface area contributed by atoms with Gasteiger partial charge in [-0.15, -0.1) is 0 Å². The summed E-state index contributed by atoms with van der Waals surface area (Å²) in [5, 5.41) is 1.71. The van der Waals surface area contributed by atoms with Gasteiger partial charge in [0.15, 0.2) is 0 Å². The lowest BCUT2D eigenvalue weighted by Crippen LogP contribution is -2.13. The summed E-state index contributed by atoms with van der Waals surface area (Å²) in [6.07, 6.45) is 0. The summed E-state index contributed by atoms with van der Waals surface area (Å²) in [5.74, 6) is 0. The lowest BCUT2D eigenvalue weighted by molar-refractivity contribution is 1.18. The van der Waals surface area contributed by atoms with Crippen LogP contribution in [0.4, 0.5) is 0 Å². The van der Waals surface area contributed by atoms with Gasteiger partial charge in [0.25, 0.3) is 5.56 Å². The fourth-order valence-corrected chi connectivity index (χ4v) is 3.50. The van der Waals surface area contributed by atoms with Crippen molar-refractivity contribution in [2.45, 2.75) is 0 Å². The fraction of sp³-hybridized carbons (Fsp3) is 0. The molecule has 24 heavy (non-hydrogen) atoms. The highest BCUT2D eigenvalue weighted by molar-refractivity contribution is 6.04. The zero-order valence-electron chi connectivity index (χ0n) is 12.9. The predicted octanol–water partition coefficient (Wildman–Crippen LogP) is 4.60. The van der Waals surface area contributed by atoms with Crippen molar-refractivity contribution in [1.29, 1.82) is 0 Å². The van der Waals surface area contributed by atoms with Gasteiger partial charge in [-0.3, -0.25) is 9.20 Å². The normalized spacial score (nSPS) is 11.5. The number of benzene rings is 3. The maximum absolute atomic E-state index is 13.1. The number of aromatic amines is 1. The monoisotopic (exact) mass is 310 g/mol. The molecular formula is C21H14N2O. The fourth-order valence-electron chi connectivity index (χ4n) is 3.50. The van der Waals surface area contributed by atoms with Crippen LogP contribution in [0.5, 0.6) is 0 Å². The van der Waals surface area contributed by atoms with Crippen LogP contribution >= 0.6 is 0 Å². The minimum absolute atomic E-state index is 0.0118. The Bertz CT molecular complexity index is 1260. The minimum atomic E-state index is 0.0118. The number of aromatic nitrogens is 2. The van der Waals surface area contributed by atoms with Gasteiger partial charge >= 0.3 is 0 Å². The Balaban J connectivity index is 2.13. The SMILES string of the molecule is O=c1c2ccccc2c(-c2ccccc2)c2[nH]c3ccccc3n12. The molecule has 0 bridgehead atoms. The molecule has 0 aliphatic heterocycles.